The van der Waals surface area contributed by atoms with Gasteiger partial charge in [-0.2, -0.15) is 0 Å². The van der Waals surface area contributed by atoms with Crippen molar-refractivity contribution in [1.82, 2.24) is 4.57 Å². The number of hydrogen-bond acceptors (Lipinski definition) is 9. The van der Waals surface area contributed by atoms with E-state index in [4.69, 9.17) is 14.2 Å². The number of nitro benzene ring substituents is 1. The van der Waals surface area contributed by atoms with E-state index < -0.39 is 22.5 Å². The van der Waals surface area contributed by atoms with Crippen LogP contribution in [0.25, 0.3) is 6.08 Å². The van der Waals surface area contributed by atoms with Gasteiger partial charge in [-0.1, -0.05) is 54.8 Å². The molecule has 4 rings (SSSR count). The fraction of sp³-hybridized carbons (Fsp3) is 0.179. The Balaban J connectivity index is 1.95. The molecule has 0 saturated heterocycles. The maximum Gasteiger partial charge on any atom is 0.338 e. The van der Waals surface area contributed by atoms with Crippen molar-refractivity contribution in [2.24, 2.45) is 4.99 Å². The number of fused-ring (bicyclic) bond motifs is 1. The minimum absolute atomic E-state index is 0.0257. The number of nitro groups is 1. The smallest absolute Gasteiger partial charge is 0.338 e. The van der Waals surface area contributed by atoms with Gasteiger partial charge in [0.05, 0.1) is 39.4 Å². The number of benzene rings is 2. The van der Waals surface area contributed by atoms with Crippen molar-refractivity contribution in [2.45, 2.75) is 13.0 Å². The Labute approximate surface area is 227 Å². The van der Waals surface area contributed by atoms with Gasteiger partial charge in [-0.05, 0) is 36.8 Å². The molecule has 2 aromatic carbocycles. The average Bonchev–Trinajstić information content (AvgIpc) is 3.23. The van der Waals surface area contributed by atoms with Crippen LogP contribution in [0.3, 0.4) is 0 Å². The van der Waals surface area contributed by atoms with Crippen LogP contribution in [0.2, 0.25) is 0 Å². The van der Waals surface area contributed by atoms with Crippen molar-refractivity contribution in [3.8, 4) is 11.5 Å². The van der Waals surface area contributed by atoms with E-state index in [0.717, 1.165) is 11.3 Å². The summed E-state index contributed by atoms with van der Waals surface area (Å²) < 4.78 is 18.1. The molecule has 0 bridgehead atoms. The predicted octanol–water partition coefficient (Wildman–Crippen LogP) is 3.45. The third kappa shape index (κ3) is 5.43. The number of carbonyl (C=O) groups excluding carboxylic acids is 1. The lowest BCUT2D eigenvalue weighted by Gasteiger charge is -2.25. The summed E-state index contributed by atoms with van der Waals surface area (Å²) in [4.78, 5) is 42.9. The van der Waals surface area contributed by atoms with Gasteiger partial charge >= 0.3 is 5.97 Å². The second-order valence-corrected chi connectivity index (χ2v) is 9.30. The molecule has 1 atom stereocenters. The summed E-state index contributed by atoms with van der Waals surface area (Å²) in [5.74, 6) is 0.200. The topological polar surface area (TPSA) is 122 Å². The van der Waals surface area contributed by atoms with Gasteiger partial charge in [-0.15, -0.1) is 0 Å². The molecule has 1 aliphatic rings. The average molecular weight is 548 g/mol. The lowest BCUT2D eigenvalue weighted by Crippen LogP contribution is -2.40. The third-order valence-corrected chi connectivity index (χ3v) is 6.84. The molecule has 0 fully saturated rings. The summed E-state index contributed by atoms with van der Waals surface area (Å²) in [6.45, 7) is 9.13. The Bertz CT molecular complexity index is 1680. The van der Waals surface area contributed by atoms with Crippen molar-refractivity contribution in [3.63, 3.8) is 0 Å². The molecule has 1 aromatic heterocycles. The Morgan fingerprint density at radius 1 is 1.18 bits per heavy atom. The molecular formula is C28H25N3O7S. The van der Waals surface area contributed by atoms with E-state index in [2.05, 4.69) is 18.2 Å². The van der Waals surface area contributed by atoms with Gasteiger partial charge in [-0.25, -0.2) is 9.79 Å². The molecule has 1 aliphatic heterocycles. The second kappa shape index (κ2) is 11.7. The van der Waals surface area contributed by atoms with Crippen LogP contribution in [0.4, 0.5) is 5.69 Å². The molecule has 0 amide bonds. The Hall–Kier alpha value is -4.77. The first-order chi connectivity index (χ1) is 18.8. The van der Waals surface area contributed by atoms with Gasteiger partial charge < -0.3 is 14.2 Å². The molecule has 0 saturated carbocycles. The number of rotatable bonds is 10. The van der Waals surface area contributed by atoms with Gasteiger partial charge in [-0.3, -0.25) is 19.5 Å². The highest BCUT2D eigenvalue weighted by Crippen LogP contribution is 2.36. The maximum atomic E-state index is 13.8. The highest BCUT2D eigenvalue weighted by atomic mass is 32.1. The fourth-order valence-electron chi connectivity index (χ4n) is 4.15. The van der Waals surface area contributed by atoms with Gasteiger partial charge in [0.2, 0.25) is 0 Å². The minimum atomic E-state index is -0.908. The third-order valence-electron chi connectivity index (χ3n) is 5.85. The SMILES string of the molecule is C=CCOC(=O)C1=C(C)N=c2s/c(=C\c3ccccc3[N+](=O)[O-])c(=O)n2C1c1ccc(OCC=C)c(OC)c1. The summed E-state index contributed by atoms with van der Waals surface area (Å²) in [5.41, 5.74) is 0.771. The maximum absolute atomic E-state index is 13.8. The van der Waals surface area contributed by atoms with Crippen LogP contribution in [0.15, 0.2) is 88.8 Å². The molecular weight excluding hydrogens is 522 g/mol. The van der Waals surface area contributed by atoms with Crippen LogP contribution in [-0.4, -0.2) is 35.8 Å². The minimum Gasteiger partial charge on any atom is -0.493 e. The number of carbonyl (C=O) groups is 1. The van der Waals surface area contributed by atoms with Gasteiger partial charge in [0, 0.05) is 6.07 Å². The lowest BCUT2D eigenvalue weighted by molar-refractivity contribution is -0.385. The van der Waals surface area contributed by atoms with Crippen LogP contribution in [0.5, 0.6) is 11.5 Å². The fourth-order valence-corrected chi connectivity index (χ4v) is 5.19. The Morgan fingerprint density at radius 3 is 2.62 bits per heavy atom. The zero-order valence-corrected chi connectivity index (χ0v) is 22.1. The molecule has 200 valence electrons. The Morgan fingerprint density at radius 2 is 1.92 bits per heavy atom. The first-order valence-electron chi connectivity index (χ1n) is 11.8. The van der Waals surface area contributed by atoms with E-state index in [-0.39, 0.29) is 34.6 Å². The van der Waals surface area contributed by atoms with E-state index in [1.54, 1.807) is 49.4 Å². The van der Waals surface area contributed by atoms with Crippen molar-refractivity contribution in [2.75, 3.05) is 20.3 Å². The molecule has 0 N–H and O–H groups in total. The number of esters is 1. The predicted molar refractivity (Wildman–Crippen MR) is 147 cm³/mol. The highest BCUT2D eigenvalue weighted by Gasteiger charge is 2.34. The quantitative estimate of drug-likeness (QED) is 0.165. The highest BCUT2D eigenvalue weighted by molar-refractivity contribution is 7.07. The number of ether oxygens (including phenoxy) is 3. The lowest BCUT2D eigenvalue weighted by atomic mass is 9.95. The molecule has 2 heterocycles. The number of thiazole rings is 1. The van der Waals surface area contributed by atoms with Crippen LogP contribution >= 0.6 is 11.3 Å². The first-order valence-corrected chi connectivity index (χ1v) is 12.6. The standard InChI is InChI=1S/C28H25N3O7S/c1-5-13-37-21-12-11-19(15-22(21)36-4)25-24(27(33)38-14-6-2)17(3)29-28-30(25)26(32)23(39-28)16-18-9-7-8-10-20(18)31(34)35/h5-12,15-16,25H,1-2,13-14H2,3-4H3/b23-16-. The van der Waals surface area contributed by atoms with Crippen LogP contribution < -0.4 is 24.4 Å². The summed E-state index contributed by atoms with van der Waals surface area (Å²) in [7, 11) is 1.48. The molecule has 39 heavy (non-hydrogen) atoms. The van der Waals surface area contributed by atoms with Crippen molar-refractivity contribution < 1.29 is 23.9 Å². The molecule has 10 nitrogen and oxygen atoms in total. The van der Waals surface area contributed by atoms with E-state index in [0.29, 0.717) is 27.6 Å². The Kier molecular flexibility index (Phi) is 8.21. The number of aromatic nitrogens is 1. The molecule has 1 unspecified atom stereocenters. The van der Waals surface area contributed by atoms with Crippen molar-refractivity contribution in [3.05, 3.63) is 120 Å². The van der Waals surface area contributed by atoms with Crippen LogP contribution in [-0.2, 0) is 9.53 Å². The largest absolute Gasteiger partial charge is 0.493 e. The molecule has 3 aromatic rings. The first kappa shape index (κ1) is 27.3. The van der Waals surface area contributed by atoms with E-state index >= 15 is 0 Å². The van der Waals surface area contributed by atoms with Crippen molar-refractivity contribution >= 4 is 29.1 Å². The molecule has 0 aliphatic carbocycles. The molecule has 0 spiro atoms. The zero-order valence-electron chi connectivity index (χ0n) is 21.3. The van der Waals surface area contributed by atoms with E-state index in [1.165, 1.54) is 29.9 Å². The number of allylic oxidation sites excluding steroid dienone is 1. The summed E-state index contributed by atoms with van der Waals surface area (Å²) in [6, 6.07) is 10.3. The van der Waals surface area contributed by atoms with E-state index in [1.807, 2.05) is 0 Å². The second-order valence-electron chi connectivity index (χ2n) is 8.29. The molecule has 11 heteroatoms. The molecule has 0 radical (unpaired) electrons. The van der Waals surface area contributed by atoms with E-state index in [9.17, 15) is 19.7 Å². The number of hydrogen-bond donors (Lipinski definition) is 0. The van der Waals surface area contributed by atoms with Crippen LogP contribution in [0, 0.1) is 10.1 Å². The summed E-state index contributed by atoms with van der Waals surface area (Å²) in [5, 5.41) is 11.5. The normalized spacial score (nSPS) is 14.7. The zero-order chi connectivity index (χ0) is 28.1. The van der Waals surface area contributed by atoms with Gasteiger partial charge in [0.15, 0.2) is 16.3 Å². The van der Waals surface area contributed by atoms with Gasteiger partial charge in [0.25, 0.3) is 11.2 Å². The van der Waals surface area contributed by atoms with Gasteiger partial charge in [0.1, 0.15) is 13.2 Å². The number of methoxy groups -OCH3 is 1. The summed E-state index contributed by atoms with van der Waals surface area (Å²) in [6.07, 6.45) is 4.50. The number of nitrogens with zero attached hydrogens (tertiary/aromatic N) is 3. The number of para-hydroxylation sites is 1. The summed E-state index contributed by atoms with van der Waals surface area (Å²) >= 11 is 1.07. The monoisotopic (exact) mass is 547 g/mol. The van der Waals surface area contributed by atoms with Crippen LogP contribution in [0.1, 0.15) is 24.1 Å². The van der Waals surface area contributed by atoms with Crippen molar-refractivity contribution in [1.29, 1.82) is 0 Å².